The summed E-state index contributed by atoms with van der Waals surface area (Å²) in [6.07, 6.45) is 6.70. The second-order valence-corrected chi connectivity index (χ2v) is 4.89. The van der Waals surface area contributed by atoms with Crippen LogP contribution in [0.5, 0.6) is 0 Å². The number of ether oxygens (including phenoxy) is 1. The summed E-state index contributed by atoms with van der Waals surface area (Å²) in [5, 5.41) is 7.41. The Morgan fingerprint density at radius 3 is 2.81 bits per heavy atom. The highest BCUT2D eigenvalue weighted by Gasteiger charge is 2.25. The number of nitrogens with zero attached hydrogens (tertiary/aromatic N) is 5. The van der Waals surface area contributed by atoms with Crippen molar-refractivity contribution in [3.63, 3.8) is 0 Å². The fourth-order valence-electron chi connectivity index (χ4n) is 2.45. The minimum Gasteiger partial charge on any atom is -0.381 e. The molecule has 112 valence electrons. The Bertz CT molecular complexity index is 587. The van der Waals surface area contributed by atoms with E-state index in [1.807, 2.05) is 0 Å². The molecule has 0 bridgehead atoms. The normalized spacial score (nSPS) is 21.4. The van der Waals surface area contributed by atoms with Crippen molar-refractivity contribution in [3.8, 4) is 5.95 Å². The van der Waals surface area contributed by atoms with Crippen LogP contribution in [0.1, 0.15) is 19.3 Å². The first-order valence-electron chi connectivity index (χ1n) is 6.80. The van der Waals surface area contributed by atoms with E-state index >= 15 is 0 Å². The number of methoxy groups -OCH3 is 1. The van der Waals surface area contributed by atoms with Gasteiger partial charge in [0.2, 0.25) is 11.9 Å². The molecule has 1 aliphatic carbocycles. The molecule has 2 heterocycles. The molecule has 0 aromatic carbocycles. The standard InChI is InChI=1S/C12H18N8O/c1-21-9-4-3-8(7-9)15-10-16-11(19-13)18-12(17-10)20-6-2-5-14-20/h2,5-6,8-9H,3-4,7,13H2,1H3,(H2,15,16,17,18,19). The van der Waals surface area contributed by atoms with Gasteiger partial charge in [0.05, 0.1) is 6.10 Å². The quantitative estimate of drug-likeness (QED) is 0.532. The summed E-state index contributed by atoms with van der Waals surface area (Å²) in [4.78, 5) is 12.8. The molecule has 0 spiro atoms. The van der Waals surface area contributed by atoms with Crippen LogP contribution in [-0.2, 0) is 4.74 Å². The number of nitrogen functional groups attached to an aromatic ring is 1. The van der Waals surface area contributed by atoms with Crippen LogP contribution < -0.4 is 16.6 Å². The monoisotopic (exact) mass is 290 g/mol. The number of hydrogen-bond acceptors (Lipinski definition) is 8. The summed E-state index contributed by atoms with van der Waals surface area (Å²) < 4.78 is 6.92. The van der Waals surface area contributed by atoms with Gasteiger partial charge in [-0.25, -0.2) is 10.5 Å². The summed E-state index contributed by atoms with van der Waals surface area (Å²) in [7, 11) is 1.74. The molecule has 1 fully saturated rings. The third-order valence-corrected chi connectivity index (χ3v) is 3.51. The van der Waals surface area contributed by atoms with E-state index in [1.165, 1.54) is 0 Å². The van der Waals surface area contributed by atoms with E-state index in [1.54, 1.807) is 30.3 Å². The third kappa shape index (κ3) is 3.09. The van der Waals surface area contributed by atoms with E-state index in [2.05, 4.69) is 30.8 Å². The predicted octanol–water partition coefficient (Wildman–Crippen LogP) is 0.322. The maximum atomic E-state index is 5.41. The van der Waals surface area contributed by atoms with Crippen molar-refractivity contribution in [2.24, 2.45) is 5.84 Å². The summed E-state index contributed by atoms with van der Waals surface area (Å²) in [6, 6.07) is 2.08. The Hall–Kier alpha value is -2.26. The third-order valence-electron chi connectivity index (χ3n) is 3.51. The van der Waals surface area contributed by atoms with Gasteiger partial charge >= 0.3 is 0 Å². The fourth-order valence-corrected chi connectivity index (χ4v) is 2.45. The Kier molecular flexibility index (Phi) is 3.93. The summed E-state index contributed by atoms with van der Waals surface area (Å²) >= 11 is 0. The average Bonchev–Trinajstić information content (AvgIpc) is 3.18. The van der Waals surface area contributed by atoms with Crippen molar-refractivity contribution in [3.05, 3.63) is 18.5 Å². The number of anilines is 2. The zero-order valence-electron chi connectivity index (χ0n) is 11.7. The molecule has 2 unspecified atom stereocenters. The first-order chi connectivity index (χ1) is 10.3. The lowest BCUT2D eigenvalue weighted by Gasteiger charge is -2.14. The lowest BCUT2D eigenvalue weighted by molar-refractivity contribution is 0.108. The first-order valence-corrected chi connectivity index (χ1v) is 6.80. The molecule has 1 saturated carbocycles. The minimum atomic E-state index is 0.286. The number of hydrogen-bond donors (Lipinski definition) is 3. The zero-order valence-corrected chi connectivity index (χ0v) is 11.7. The average molecular weight is 290 g/mol. The number of rotatable bonds is 5. The molecule has 1 aliphatic rings. The first kappa shape index (κ1) is 13.7. The second kappa shape index (κ2) is 6.02. The highest BCUT2D eigenvalue weighted by atomic mass is 16.5. The second-order valence-electron chi connectivity index (χ2n) is 4.89. The van der Waals surface area contributed by atoms with Crippen LogP contribution in [0, 0.1) is 0 Å². The van der Waals surface area contributed by atoms with E-state index in [-0.39, 0.29) is 6.04 Å². The molecule has 9 nitrogen and oxygen atoms in total. The van der Waals surface area contributed by atoms with Crippen LogP contribution in [0.15, 0.2) is 18.5 Å². The van der Waals surface area contributed by atoms with Crippen molar-refractivity contribution in [1.29, 1.82) is 0 Å². The number of aromatic nitrogens is 5. The molecule has 9 heteroatoms. The van der Waals surface area contributed by atoms with Crippen molar-refractivity contribution in [2.45, 2.75) is 31.4 Å². The van der Waals surface area contributed by atoms with Crippen molar-refractivity contribution < 1.29 is 4.74 Å². The van der Waals surface area contributed by atoms with Gasteiger partial charge in [-0.15, -0.1) is 0 Å². The van der Waals surface area contributed by atoms with Gasteiger partial charge in [-0.05, 0) is 25.3 Å². The van der Waals surface area contributed by atoms with E-state index in [9.17, 15) is 0 Å². The van der Waals surface area contributed by atoms with Gasteiger partial charge in [0.1, 0.15) is 0 Å². The molecule has 0 saturated heterocycles. The molecular weight excluding hydrogens is 272 g/mol. The van der Waals surface area contributed by atoms with Crippen LogP contribution in [0.2, 0.25) is 0 Å². The SMILES string of the molecule is COC1CCC(Nc2nc(NN)nc(-n3cccn3)n2)C1. The van der Waals surface area contributed by atoms with Crippen LogP contribution in [0.4, 0.5) is 11.9 Å². The van der Waals surface area contributed by atoms with E-state index in [4.69, 9.17) is 10.6 Å². The van der Waals surface area contributed by atoms with Crippen molar-refractivity contribution in [1.82, 2.24) is 24.7 Å². The minimum absolute atomic E-state index is 0.286. The predicted molar refractivity (Wildman–Crippen MR) is 76.8 cm³/mol. The van der Waals surface area contributed by atoms with Gasteiger partial charge < -0.3 is 10.1 Å². The van der Waals surface area contributed by atoms with Crippen LogP contribution in [0.3, 0.4) is 0 Å². The molecule has 3 rings (SSSR count). The smallest absolute Gasteiger partial charge is 0.257 e. The Balaban J connectivity index is 1.80. The molecular formula is C12H18N8O. The van der Waals surface area contributed by atoms with Gasteiger partial charge in [-0.2, -0.15) is 20.1 Å². The zero-order chi connectivity index (χ0) is 14.7. The van der Waals surface area contributed by atoms with Gasteiger partial charge in [-0.1, -0.05) is 0 Å². The highest BCUT2D eigenvalue weighted by molar-refractivity contribution is 5.37. The topological polar surface area (TPSA) is 116 Å². The van der Waals surface area contributed by atoms with Crippen LogP contribution in [0.25, 0.3) is 5.95 Å². The van der Waals surface area contributed by atoms with Crippen molar-refractivity contribution in [2.75, 3.05) is 17.9 Å². The maximum Gasteiger partial charge on any atom is 0.257 e. The summed E-state index contributed by atoms with van der Waals surface area (Å²) in [6.45, 7) is 0. The lowest BCUT2D eigenvalue weighted by Crippen LogP contribution is -2.21. The molecule has 4 N–H and O–H groups in total. The van der Waals surface area contributed by atoms with Gasteiger partial charge in [-0.3, -0.25) is 5.43 Å². The summed E-state index contributed by atoms with van der Waals surface area (Å²) in [5.74, 6) is 6.59. The maximum absolute atomic E-state index is 5.41. The summed E-state index contributed by atoms with van der Waals surface area (Å²) in [5.41, 5.74) is 2.45. The molecule has 2 aromatic rings. The van der Waals surface area contributed by atoms with Gasteiger partial charge in [0.25, 0.3) is 5.95 Å². The van der Waals surface area contributed by atoms with Crippen LogP contribution in [-0.4, -0.2) is 44.0 Å². The largest absolute Gasteiger partial charge is 0.381 e. The lowest BCUT2D eigenvalue weighted by atomic mass is 10.2. The number of nitrogens with two attached hydrogens (primary N) is 1. The molecule has 2 aromatic heterocycles. The van der Waals surface area contributed by atoms with Gasteiger partial charge in [0, 0.05) is 25.5 Å². The Labute approximate surface area is 121 Å². The number of nitrogens with one attached hydrogen (secondary N) is 2. The van der Waals surface area contributed by atoms with Gasteiger partial charge in [0.15, 0.2) is 0 Å². The van der Waals surface area contributed by atoms with Crippen molar-refractivity contribution >= 4 is 11.9 Å². The Morgan fingerprint density at radius 1 is 1.29 bits per heavy atom. The molecule has 2 atom stereocenters. The molecule has 0 radical (unpaired) electrons. The van der Waals surface area contributed by atoms with Crippen LogP contribution >= 0.6 is 0 Å². The molecule has 0 amide bonds. The Morgan fingerprint density at radius 2 is 2.14 bits per heavy atom. The molecule has 0 aliphatic heterocycles. The van der Waals surface area contributed by atoms with E-state index < -0.39 is 0 Å². The van der Waals surface area contributed by atoms with E-state index in [0.717, 1.165) is 19.3 Å². The highest BCUT2D eigenvalue weighted by Crippen LogP contribution is 2.24. The van der Waals surface area contributed by atoms with E-state index in [0.29, 0.717) is 23.9 Å². The number of hydrazine groups is 1. The fraction of sp³-hybridized carbons (Fsp3) is 0.500. The molecule has 21 heavy (non-hydrogen) atoms.